The van der Waals surface area contributed by atoms with E-state index in [-0.39, 0.29) is 0 Å². The van der Waals surface area contributed by atoms with Crippen LogP contribution in [-0.2, 0) is 0 Å². The molecule has 1 aromatic rings. The molecular weight excluding hydrogens is 184 g/mol. The molecule has 0 spiro atoms. The predicted octanol–water partition coefficient (Wildman–Crippen LogP) is 3.47. The average molecular weight is 202 g/mol. The summed E-state index contributed by atoms with van der Waals surface area (Å²) in [6.45, 7) is 5.25. The fourth-order valence-electron chi connectivity index (χ4n) is 1.53. The minimum absolute atomic E-state index is 0.728. The topological polar surface area (TPSA) is 35.8 Å². The van der Waals surface area contributed by atoms with Gasteiger partial charge < -0.3 is 5.32 Å². The summed E-state index contributed by atoms with van der Waals surface area (Å²) in [5.41, 5.74) is 3.02. The quantitative estimate of drug-likeness (QED) is 0.742. The molecular formula is C13H18N2. The largest absolute Gasteiger partial charge is 0.385 e. The molecule has 0 bridgehead atoms. The molecule has 15 heavy (non-hydrogen) atoms. The second kappa shape index (κ2) is 6.08. The summed E-state index contributed by atoms with van der Waals surface area (Å²) in [7, 11) is 0. The molecule has 0 aliphatic rings. The van der Waals surface area contributed by atoms with Crippen molar-refractivity contribution in [3.8, 4) is 6.07 Å². The maximum atomic E-state index is 8.73. The van der Waals surface area contributed by atoms with Crippen molar-refractivity contribution >= 4 is 5.69 Å². The van der Waals surface area contributed by atoms with Gasteiger partial charge in [0.15, 0.2) is 0 Å². The lowest BCUT2D eigenvalue weighted by Gasteiger charge is -2.09. The molecule has 0 aliphatic carbocycles. The first-order chi connectivity index (χ1) is 7.27. The lowest BCUT2D eigenvalue weighted by Crippen LogP contribution is -2.02. The van der Waals surface area contributed by atoms with Gasteiger partial charge in [-0.1, -0.05) is 19.8 Å². The maximum Gasteiger partial charge on any atom is 0.0991 e. The molecule has 0 atom stereocenters. The summed E-state index contributed by atoms with van der Waals surface area (Å²) in [4.78, 5) is 0. The van der Waals surface area contributed by atoms with E-state index in [9.17, 15) is 0 Å². The van der Waals surface area contributed by atoms with E-state index in [1.165, 1.54) is 19.3 Å². The number of nitrogens with one attached hydrogen (secondary N) is 1. The van der Waals surface area contributed by atoms with Gasteiger partial charge >= 0.3 is 0 Å². The highest BCUT2D eigenvalue weighted by atomic mass is 14.9. The molecule has 0 amide bonds. The van der Waals surface area contributed by atoms with Crippen LogP contribution in [0, 0.1) is 18.3 Å². The standard InChI is InChI=1S/C13H18N2/c1-3-4-5-8-15-13-7-6-12(10-14)9-11(13)2/h6-7,9,15H,3-5,8H2,1-2H3. The van der Waals surface area contributed by atoms with Crippen molar-refractivity contribution in [3.63, 3.8) is 0 Å². The van der Waals surface area contributed by atoms with E-state index in [1.807, 2.05) is 25.1 Å². The molecule has 0 aliphatic heterocycles. The van der Waals surface area contributed by atoms with Gasteiger partial charge in [-0.3, -0.25) is 0 Å². The van der Waals surface area contributed by atoms with E-state index in [0.717, 1.165) is 23.4 Å². The maximum absolute atomic E-state index is 8.73. The highest BCUT2D eigenvalue weighted by Crippen LogP contribution is 2.16. The minimum Gasteiger partial charge on any atom is -0.385 e. The van der Waals surface area contributed by atoms with E-state index < -0.39 is 0 Å². The van der Waals surface area contributed by atoms with Crippen LogP contribution < -0.4 is 5.32 Å². The van der Waals surface area contributed by atoms with Crippen LogP contribution in [-0.4, -0.2) is 6.54 Å². The van der Waals surface area contributed by atoms with E-state index in [0.29, 0.717) is 0 Å². The van der Waals surface area contributed by atoms with Crippen LogP contribution in [0.3, 0.4) is 0 Å². The van der Waals surface area contributed by atoms with Crippen LogP contribution in [0.2, 0.25) is 0 Å². The van der Waals surface area contributed by atoms with E-state index in [2.05, 4.69) is 18.3 Å². The molecule has 2 nitrogen and oxygen atoms in total. The third kappa shape index (κ3) is 3.63. The summed E-state index contributed by atoms with van der Waals surface area (Å²) in [6, 6.07) is 7.90. The molecule has 0 radical (unpaired) electrons. The number of nitriles is 1. The Morgan fingerprint density at radius 2 is 2.13 bits per heavy atom. The fourth-order valence-corrected chi connectivity index (χ4v) is 1.53. The molecule has 80 valence electrons. The molecule has 0 unspecified atom stereocenters. The van der Waals surface area contributed by atoms with Crippen LogP contribution in [0.15, 0.2) is 18.2 Å². The van der Waals surface area contributed by atoms with Gasteiger partial charge in [-0.05, 0) is 37.1 Å². The van der Waals surface area contributed by atoms with Crippen molar-refractivity contribution in [2.24, 2.45) is 0 Å². The Morgan fingerprint density at radius 3 is 2.73 bits per heavy atom. The Kier molecular flexibility index (Phi) is 4.70. The van der Waals surface area contributed by atoms with E-state index >= 15 is 0 Å². The van der Waals surface area contributed by atoms with Gasteiger partial charge in [0.05, 0.1) is 11.6 Å². The number of unbranched alkanes of at least 4 members (excludes halogenated alkanes) is 2. The number of anilines is 1. The van der Waals surface area contributed by atoms with Gasteiger partial charge in [-0.15, -0.1) is 0 Å². The highest BCUT2D eigenvalue weighted by Gasteiger charge is 1.98. The zero-order valence-corrected chi connectivity index (χ0v) is 9.51. The van der Waals surface area contributed by atoms with Crippen LogP contribution in [0.5, 0.6) is 0 Å². The normalized spacial score (nSPS) is 9.67. The van der Waals surface area contributed by atoms with Crippen molar-refractivity contribution < 1.29 is 0 Å². The van der Waals surface area contributed by atoms with Gasteiger partial charge in [0, 0.05) is 12.2 Å². The molecule has 1 N–H and O–H groups in total. The van der Waals surface area contributed by atoms with Crippen molar-refractivity contribution in [1.29, 1.82) is 5.26 Å². The van der Waals surface area contributed by atoms with Crippen molar-refractivity contribution in [2.75, 3.05) is 11.9 Å². The SMILES string of the molecule is CCCCCNc1ccc(C#N)cc1C. The second-order valence-corrected chi connectivity index (χ2v) is 3.78. The van der Waals surface area contributed by atoms with Crippen LogP contribution in [0.25, 0.3) is 0 Å². The molecule has 0 aromatic heterocycles. The van der Waals surface area contributed by atoms with E-state index in [1.54, 1.807) is 0 Å². The van der Waals surface area contributed by atoms with Crippen LogP contribution in [0.4, 0.5) is 5.69 Å². The Bertz CT molecular complexity index is 350. The van der Waals surface area contributed by atoms with Gasteiger partial charge in [0.25, 0.3) is 0 Å². The molecule has 1 rings (SSSR count). The van der Waals surface area contributed by atoms with Gasteiger partial charge in [0.2, 0.25) is 0 Å². The van der Waals surface area contributed by atoms with Crippen molar-refractivity contribution in [3.05, 3.63) is 29.3 Å². The molecule has 0 fully saturated rings. The summed E-state index contributed by atoms with van der Waals surface area (Å²) in [6.07, 6.45) is 3.71. The molecule has 0 saturated heterocycles. The van der Waals surface area contributed by atoms with Crippen molar-refractivity contribution in [2.45, 2.75) is 33.1 Å². The molecule has 2 heteroatoms. The Balaban J connectivity index is 2.52. The first-order valence-electron chi connectivity index (χ1n) is 5.52. The Morgan fingerprint density at radius 1 is 1.33 bits per heavy atom. The van der Waals surface area contributed by atoms with Crippen LogP contribution >= 0.6 is 0 Å². The van der Waals surface area contributed by atoms with E-state index in [4.69, 9.17) is 5.26 Å². The summed E-state index contributed by atoms with van der Waals surface area (Å²) in [5.74, 6) is 0. The van der Waals surface area contributed by atoms with Crippen molar-refractivity contribution in [1.82, 2.24) is 0 Å². The average Bonchev–Trinajstić information content (AvgIpc) is 2.26. The first kappa shape index (κ1) is 11.6. The zero-order chi connectivity index (χ0) is 11.1. The number of benzene rings is 1. The third-order valence-electron chi connectivity index (χ3n) is 2.45. The summed E-state index contributed by atoms with van der Waals surface area (Å²) in [5, 5.41) is 12.1. The predicted molar refractivity (Wildman–Crippen MR) is 63.9 cm³/mol. The Labute approximate surface area is 91.9 Å². The smallest absolute Gasteiger partial charge is 0.0991 e. The number of aryl methyl sites for hydroxylation is 1. The van der Waals surface area contributed by atoms with Gasteiger partial charge in [0.1, 0.15) is 0 Å². The summed E-state index contributed by atoms with van der Waals surface area (Å²) < 4.78 is 0. The van der Waals surface area contributed by atoms with Gasteiger partial charge in [-0.2, -0.15) is 5.26 Å². The lowest BCUT2D eigenvalue weighted by molar-refractivity contribution is 0.743. The minimum atomic E-state index is 0.728. The zero-order valence-electron chi connectivity index (χ0n) is 9.51. The second-order valence-electron chi connectivity index (χ2n) is 3.78. The third-order valence-corrected chi connectivity index (χ3v) is 2.45. The highest BCUT2D eigenvalue weighted by molar-refractivity contribution is 5.53. The number of rotatable bonds is 5. The molecule has 1 aromatic carbocycles. The lowest BCUT2D eigenvalue weighted by atomic mass is 10.1. The molecule has 0 saturated carbocycles. The van der Waals surface area contributed by atoms with Gasteiger partial charge in [-0.25, -0.2) is 0 Å². The van der Waals surface area contributed by atoms with Crippen LogP contribution in [0.1, 0.15) is 37.3 Å². The number of hydrogen-bond donors (Lipinski definition) is 1. The number of nitrogens with zero attached hydrogens (tertiary/aromatic N) is 1. The number of hydrogen-bond acceptors (Lipinski definition) is 2. The Hall–Kier alpha value is -1.49. The summed E-state index contributed by atoms with van der Waals surface area (Å²) >= 11 is 0. The monoisotopic (exact) mass is 202 g/mol. The fraction of sp³-hybridized carbons (Fsp3) is 0.462. The first-order valence-corrected chi connectivity index (χ1v) is 5.52. The molecule has 0 heterocycles.